The molecule has 0 amide bonds. The molecule has 0 fully saturated rings. The van der Waals surface area contributed by atoms with Gasteiger partial charge in [0.15, 0.2) is 0 Å². The molecule has 1 nitrogen and oxygen atoms in total. The molecular formula is C24H23N. The predicted molar refractivity (Wildman–Crippen MR) is 106 cm³/mol. The summed E-state index contributed by atoms with van der Waals surface area (Å²) < 4.78 is 2.38. The molecule has 1 aromatic heterocycles. The quantitative estimate of drug-likeness (QED) is 0.432. The molecule has 1 heteroatoms. The van der Waals surface area contributed by atoms with Gasteiger partial charge in [0.05, 0.1) is 0 Å². The molecule has 124 valence electrons. The average Bonchev–Trinajstić information content (AvgIpc) is 3.03. The largest absolute Gasteiger partial charge is 0.343 e. The monoisotopic (exact) mass is 325 g/mol. The van der Waals surface area contributed by atoms with Gasteiger partial charge < -0.3 is 4.57 Å². The Morgan fingerprint density at radius 1 is 0.720 bits per heavy atom. The summed E-state index contributed by atoms with van der Waals surface area (Å²) in [6.07, 6.45) is 2.34. The van der Waals surface area contributed by atoms with Crippen molar-refractivity contribution in [3.05, 3.63) is 108 Å². The van der Waals surface area contributed by atoms with Gasteiger partial charge in [-0.3, -0.25) is 0 Å². The second-order valence-corrected chi connectivity index (χ2v) is 7.16. The molecule has 0 aliphatic heterocycles. The molecule has 0 spiro atoms. The zero-order valence-corrected chi connectivity index (χ0v) is 14.8. The van der Waals surface area contributed by atoms with Crippen LogP contribution in [-0.4, -0.2) is 4.57 Å². The molecule has 4 aromatic rings. The lowest BCUT2D eigenvalue weighted by Crippen LogP contribution is -2.18. The fraction of sp³-hybridized carbons (Fsp3) is 0.167. The van der Waals surface area contributed by atoms with Crippen LogP contribution in [0.1, 0.15) is 30.5 Å². The van der Waals surface area contributed by atoms with Crippen molar-refractivity contribution < 1.29 is 0 Å². The highest BCUT2D eigenvalue weighted by Gasteiger charge is 2.27. The zero-order valence-electron chi connectivity index (χ0n) is 14.8. The van der Waals surface area contributed by atoms with Crippen molar-refractivity contribution in [3.63, 3.8) is 0 Å². The third-order valence-electron chi connectivity index (χ3n) is 5.15. The Labute approximate surface area is 149 Å². The summed E-state index contributed by atoms with van der Waals surface area (Å²) in [5, 5.41) is 1.34. The number of fused-ring (bicyclic) bond motifs is 1. The van der Waals surface area contributed by atoms with Gasteiger partial charge in [-0.15, -0.1) is 0 Å². The van der Waals surface area contributed by atoms with E-state index in [0.717, 1.165) is 6.54 Å². The van der Waals surface area contributed by atoms with E-state index >= 15 is 0 Å². The number of aromatic nitrogens is 1. The molecule has 0 bridgehead atoms. The first-order valence-electron chi connectivity index (χ1n) is 8.84. The van der Waals surface area contributed by atoms with Crippen molar-refractivity contribution in [3.8, 4) is 0 Å². The van der Waals surface area contributed by atoms with Crippen LogP contribution in [0.15, 0.2) is 91.1 Å². The number of rotatable bonds is 4. The summed E-state index contributed by atoms with van der Waals surface area (Å²) in [5.41, 5.74) is 5.31. The molecule has 0 aliphatic rings. The van der Waals surface area contributed by atoms with E-state index in [1.807, 2.05) is 0 Å². The van der Waals surface area contributed by atoms with Crippen LogP contribution in [0.3, 0.4) is 0 Å². The molecule has 0 atom stereocenters. The van der Waals surface area contributed by atoms with Crippen LogP contribution in [0.2, 0.25) is 0 Å². The summed E-state index contributed by atoms with van der Waals surface area (Å²) in [6.45, 7) is 5.53. The van der Waals surface area contributed by atoms with Gasteiger partial charge in [-0.1, -0.05) is 92.7 Å². The SMILES string of the molecule is CC(C)(c1ccccc1)c1cn(Cc2ccccc2)c2ccccc12. The van der Waals surface area contributed by atoms with E-state index in [2.05, 4.69) is 110 Å². The number of benzene rings is 3. The van der Waals surface area contributed by atoms with Crippen molar-refractivity contribution in [1.82, 2.24) is 4.57 Å². The van der Waals surface area contributed by atoms with Crippen molar-refractivity contribution in [2.24, 2.45) is 0 Å². The summed E-state index contributed by atoms with van der Waals surface area (Å²) >= 11 is 0. The van der Waals surface area contributed by atoms with E-state index in [4.69, 9.17) is 0 Å². The first-order chi connectivity index (χ1) is 12.2. The zero-order chi connectivity index (χ0) is 17.3. The first-order valence-corrected chi connectivity index (χ1v) is 8.84. The molecule has 0 radical (unpaired) electrons. The molecule has 0 aliphatic carbocycles. The lowest BCUT2D eigenvalue weighted by atomic mass is 9.78. The highest BCUT2D eigenvalue weighted by atomic mass is 15.0. The highest BCUT2D eigenvalue weighted by Crippen LogP contribution is 2.37. The Bertz CT molecular complexity index is 978. The molecule has 3 aromatic carbocycles. The smallest absolute Gasteiger partial charge is 0.0486 e. The van der Waals surface area contributed by atoms with Gasteiger partial charge >= 0.3 is 0 Å². The van der Waals surface area contributed by atoms with Crippen LogP contribution in [0.4, 0.5) is 0 Å². The lowest BCUT2D eigenvalue weighted by molar-refractivity contribution is 0.641. The van der Waals surface area contributed by atoms with Crippen LogP contribution in [0.25, 0.3) is 10.9 Å². The van der Waals surface area contributed by atoms with E-state index in [0.29, 0.717) is 0 Å². The standard InChI is InChI=1S/C24H23N/c1-24(2,20-13-7-4-8-14-20)22-18-25(17-19-11-5-3-6-12-19)23-16-10-9-15-21(22)23/h3-16,18H,17H2,1-2H3. The molecule has 0 saturated heterocycles. The van der Waals surface area contributed by atoms with Gasteiger partial charge in [-0.25, -0.2) is 0 Å². The molecule has 0 N–H and O–H groups in total. The van der Waals surface area contributed by atoms with Crippen LogP contribution in [-0.2, 0) is 12.0 Å². The van der Waals surface area contributed by atoms with Crippen LogP contribution < -0.4 is 0 Å². The van der Waals surface area contributed by atoms with Crippen molar-refractivity contribution in [2.45, 2.75) is 25.8 Å². The number of hydrogen-bond donors (Lipinski definition) is 0. The maximum atomic E-state index is 2.38. The van der Waals surface area contributed by atoms with E-state index < -0.39 is 0 Å². The Hall–Kier alpha value is -2.80. The second kappa shape index (κ2) is 6.25. The van der Waals surface area contributed by atoms with Crippen molar-refractivity contribution in [1.29, 1.82) is 0 Å². The molecule has 4 rings (SSSR count). The van der Waals surface area contributed by atoms with Gasteiger partial charge in [0.2, 0.25) is 0 Å². The van der Waals surface area contributed by atoms with Gasteiger partial charge in [0.1, 0.15) is 0 Å². The summed E-state index contributed by atoms with van der Waals surface area (Å²) in [7, 11) is 0. The fourth-order valence-corrected chi connectivity index (χ4v) is 3.67. The Balaban J connectivity index is 1.85. The van der Waals surface area contributed by atoms with E-state index in [1.165, 1.54) is 27.6 Å². The predicted octanol–water partition coefficient (Wildman–Crippen LogP) is 6.02. The minimum Gasteiger partial charge on any atom is -0.343 e. The van der Waals surface area contributed by atoms with Crippen molar-refractivity contribution in [2.75, 3.05) is 0 Å². The molecule has 0 saturated carbocycles. The van der Waals surface area contributed by atoms with Gasteiger partial charge in [0, 0.05) is 29.1 Å². The topological polar surface area (TPSA) is 4.93 Å². The molecule has 25 heavy (non-hydrogen) atoms. The minimum absolute atomic E-state index is 0.0389. The van der Waals surface area contributed by atoms with Gasteiger partial charge in [-0.2, -0.15) is 0 Å². The third kappa shape index (κ3) is 2.87. The average molecular weight is 325 g/mol. The van der Waals surface area contributed by atoms with E-state index in [-0.39, 0.29) is 5.41 Å². The van der Waals surface area contributed by atoms with E-state index in [1.54, 1.807) is 0 Å². The fourth-order valence-electron chi connectivity index (χ4n) is 3.67. The van der Waals surface area contributed by atoms with Crippen LogP contribution in [0.5, 0.6) is 0 Å². The van der Waals surface area contributed by atoms with E-state index in [9.17, 15) is 0 Å². The normalized spacial score (nSPS) is 11.8. The van der Waals surface area contributed by atoms with Gasteiger partial charge in [0.25, 0.3) is 0 Å². The first kappa shape index (κ1) is 15.7. The maximum Gasteiger partial charge on any atom is 0.0486 e. The number of hydrogen-bond acceptors (Lipinski definition) is 0. The minimum atomic E-state index is -0.0389. The Kier molecular flexibility index (Phi) is 3.93. The summed E-state index contributed by atoms with van der Waals surface area (Å²) in [4.78, 5) is 0. The third-order valence-corrected chi connectivity index (χ3v) is 5.15. The van der Waals surface area contributed by atoms with Crippen LogP contribution >= 0.6 is 0 Å². The van der Waals surface area contributed by atoms with Crippen LogP contribution in [0, 0.1) is 0 Å². The van der Waals surface area contributed by atoms with Gasteiger partial charge in [-0.05, 0) is 22.8 Å². The Morgan fingerprint density at radius 3 is 2.04 bits per heavy atom. The number of para-hydroxylation sites is 1. The summed E-state index contributed by atoms with van der Waals surface area (Å²) in [5.74, 6) is 0. The second-order valence-electron chi connectivity index (χ2n) is 7.16. The Morgan fingerprint density at radius 2 is 1.32 bits per heavy atom. The molecular weight excluding hydrogens is 302 g/mol. The molecule has 1 heterocycles. The number of nitrogens with zero attached hydrogens (tertiary/aromatic N) is 1. The summed E-state index contributed by atoms with van der Waals surface area (Å²) in [6, 6.07) is 30.2. The lowest BCUT2D eigenvalue weighted by Gasteiger charge is -2.25. The maximum absolute atomic E-state index is 2.38. The van der Waals surface area contributed by atoms with Crippen molar-refractivity contribution >= 4 is 10.9 Å². The molecule has 0 unspecified atom stereocenters. The highest BCUT2D eigenvalue weighted by molar-refractivity contribution is 5.85.